The van der Waals surface area contributed by atoms with Gasteiger partial charge in [-0.2, -0.15) is 5.10 Å². The summed E-state index contributed by atoms with van der Waals surface area (Å²) in [5.41, 5.74) is 2.19. The van der Waals surface area contributed by atoms with Gasteiger partial charge in [-0.15, -0.1) is 0 Å². The number of carbonyl (C=O) groups excluding carboxylic acids is 1. The molecule has 176 valence electrons. The fourth-order valence-electron chi connectivity index (χ4n) is 4.30. The van der Waals surface area contributed by atoms with Gasteiger partial charge in [-0.3, -0.25) is 14.3 Å². The highest BCUT2D eigenvalue weighted by atomic mass is 16.5. The molecule has 1 aliphatic heterocycles. The smallest absolute Gasteiger partial charge is 0.193 e. The van der Waals surface area contributed by atoms with Gasteiger partial charge in [0, 0.05) is 24.8 Å². The molecule has 4 rings (SSSR count). The van der Waals surface area contributed by atoms with Gasteiger partial charge in [0.1, 0.15) is 17.9 Å². The minimum atomic E-state index is -0.273. The van der Waals surface area contributed by atoms with E-state index in [2.05, 4.69) is 25.3 Å². The Kier molecular flexibility index (Phi) is 6.41. The zero-order chi connectivity index (χ0) is 23.8. The van der Waals surface area contributed by atoms with E-state index in [1.54, 1.807) is 19.4 Å². The molecule has 0 spiro atoms. The molecule has 3 heterocycles. The van der Waals surface area contributed by atoms with Crippen LogP contribution in [0.1, 0.15) is 44.1 Å². The highest BCUT2D eigenvalue weighted by molar-refractivity contribution is 5.97. The van der Waals surface area contributed by atoms with Crippen LogP contribution >= 0.6 is 0 Å². The SMILES string of the molecule is COCCOCCOc1cccc2c3n(nc12)CC(C(C)(C)C)n1cc(C(C)=O)c(=O)cc1-3. The van der Waals surface area contributed by atoms with Crippen LogP contribution in [0.25, 0.3) is 22.3 Å². The molecule has 0 bridgehead atoms. The number of carbonyl (C=O) groups is 1. The second kappa shape index (κ2) is 9.11. The summed E-state index contributed by atoms with van der Waals surface area (Å²) >= 11 is 0. The first-order valence-corrected chi connectivity index (χ1v) is 11.2. The first-order chi connectivity index (χ1) is 15.7. The number of rotatable bonds is 8. The molecule has 0 fully saturated rings. The van der Waals surface area contributed by atoms with Gasteiger partial charge >= 0.3 is 0 Å². The zero-order valence-electron chi connectivity index (χ0n) is 19.9. The lowest BCUT2D eigenvalue weighted by atomic mass is 9.84. The summed E-state index contributed by atoms with van der Waals surface area (Å²) in [6.07, 6.45) is 1.72. The van der Waals surface area contributed by atoms with E-state index in [0.29, 0.717) is 38.7 Å². The number of ether oxygens (including phenoxy) is 3. The third-order valence-electron chi connectivity index (χ3n) is 6.03. The van der Waals surface area contributed by atoms with E-state index in [1.807, 2.05) is 22.9 Å². The Hall–Kier alpha value is -2.97. The second-order valence-corrected chi connectivity index (χ2v) is 9.42. The minimum absolute atomic E-state index is 0.0200. The number of Topliss-reactive ketones (excluding diaryl/α,β-unsaturated/α-hetero) is 1. The third-order valence-corrected chi connectivity index (χ3v) is 6.03. The molecular formula is C25H31N3O5. The van der Waals surface area contributed by atoms with Crippen LogP contribution in [-0.4, -0.2) is 53.7 Å². The monoisotopic (exact) mass is 453 g/mol. The molecule has 1 aromatic carbocycles. The number of ketones is 1. The Morgan fingerprint density at radius 2 is 1.94 bits per heavy atom. The van der Waals surface area contributed by atoms with Crippen LogP contribution in [0, 0.1) is 5.41 Å². The Morgan fingerprint density at radius 1 is 1.18 bits per heavy atom. The van der Waals surface area contributed by atoms with Crippen molar-refractivity contribution in [2.45, 2.75) is 40.3 Å². The zero-order valence-corrected chi connectivity index (χ0v) is 19.9. The molecule has 0 N–H and O–H groups in total. The molecule has 1 unspecified atom stereocenters. The van der Waals surface area contributed by atoms with Gasteiger partial charge in [-0.1, -0.05) is 32.9 Å². The first-order valence-electron chi connectivity index (χ1n) is 11.2. The summed E-state index contributed by atoms with van der Waals surface area (Å²) in [7, 11) is 1.64. The van der Waals surface area contributed by atoms with E-state index < -0.39 is 0 Å². The number of benzene rings is 1. The van der Waals surface area contributed by atoms with Gasteiger partial charge < -0.3 is 18.8 Å². The molecule has 0 saturated heterocycles. The normalized spacial score (nSPS) is 15.4. The van der Waals surface area contributed by atoms with E-state index in [9.17, 15) is 9.59 Å². The molecule has 8 nitrogen and oxygen atoms in total. The van der Waals surface area contributed by atoms with Crippen LogP contribution in [0.3, 0.4) is 0 Å². The predicted molar refractivity (Wildman–Crippen MR) is 126 cm³/mol. The van der Waals surface area contributed by atoms with Crippen LogP contribution in [0.5, 0.6) is 5.75 Å². The predicted octanol–water partition coefficient (Wildman–Crippen LogP) is 3.71. The maximum Gasteiger partial charge on any atom is 0.193 e. The number of nitrogens with zero attached hydrogens (tertiary/aromatic N) is 3. The van der Waals surface area contributed by atoms with Crippen molar-refractivity contribution >= 4 is 16.7 Å². The lowest BCUT2D eigenvalue weighted by molar-refractivity contribution is 0.0546. The lowest BCUT2D eigenvalue weighted by Gasteiger charge is -2.38. The topological polar surface area (TPSA) is 84.6 Å². The van der Waals surface area contributed by atoms with Crippen LogP contribution in [0.15, 0.2) is 35.3 Å². The van der Waals surface area contributed by atoms with Crippen molar-refractivity contribution in [2.24, 2.45) is 5.41 Å². The summed E-state index contributed by atoms with van der Waals surface area (Å²) in [6, 6.07) is 7.39. The maximum absolute atomic E-state index is 12.8. The number of pyridine rings is 1. The van der Waals surface area contributed by atoms with Gasteiger partial charge in [-0.25, -0.2) is 0 Å². The van der Waals surface area contributed by atoms with Crippen molar-refractivity contribution in [1.82, 2.24) is 14.3 Å². The Labute approximate surface area is 193 Å². The number of hydrogen-bond acceptors (Lipinski definition) is 6. The molecule has 8 heteroatoms. The fourth-order valence-corrected chi connectivity index (χ4v) is 4.30. The van der Waals surface area contributed by atoms with E-state index in [-0.39, 0.29) is 28.2 Å². The van der Waals surface area contributed by atoms with E-state index in [1.165, 1.54) is 6.92 Å². The van der Waals surface area contributed by atoms with Crippen LogP contribution in [0.4, 0.5) is 0 Å². The van der Waals surface area contributed by atoms with Gasteiger partial charge in [0.05, 0.1) is 49.4 Å². The van der Waals surface area contributed by atoms with Crippen LogP contribution < -0.4 is 10.2 Å². The third kappa shape index (κ3) is 4.45. The highest BCUT2D eigenvalue weighted by Crippen LogP contribution is 2.43. The van der Waals surface area contributed by atoms with Crippen molar-refractivity contribution in [3.05, 3.63) is 46.2 Å². The lowest BCUT2D eigenvalue weighted by Crippen LogP contribution is -2.35. The van der Waals surface area contributed by atoms with Gasteiger partial charge in [-0.05, 0) is 18.4 Å². The molecule has 0 saturated carbocycles. The van der Waals surface area contributed by atoms with Crippen molar-refractivity contribution in [3.8, 4) is 17.1 Å². The number of methoxy groups -OCH3 is 1. The molecule has 0 aliphatic carbocycles. The summed E-state index contributed by atoms with van der Waals surface area (Å²) in [6.45, 7) is 10.4. The second-order valence-electron chi connectivity index (χ2n) is 9.42. The van der Waals surface area contributed by atoms with Gasteiger partial charge in [0.15, 0.2) is 11.2 Å². The molecule has 33 heavy (non-hydrogen) atoms. The number of hydrogen-bond donors (Lipinski definition) is 0. The summed E-state index contributed by atoms with van der Waals surface area (Å²) in [5.74, 6) is 0.446. The summed E-state index contributed by atoms with van der Waals surface area (Å²) < 4.78 is 20.5. The quantitative estimate of drug-likeness (QED) is 0.382. The molecular weight excluding hydrogens is 422 g/mol. The molecule has 1 aliphatic rings. The first kappa shape index (κ1) is 23.2. The largest absolute Gasteiger partial charge is 0.489 e. The molecule has 1 atom stereocenters. The number of fused-ring (bicyclic) bond motifs is 5. The molecule has 0 radical (unpaired) electrons. The van der Waals surface area contributed by atoms with Crippen molar-refractivity contribution in [3.63, 3.8) is 0 Å². The minimum Gasteiger partial charge on any atom is -0.489 e. The standard InChI is InChI=1S/C25H31N3O5/c1-16(29)18-14-27-19(13-20(18)30)24-17-7-6-8-21(33-12-11-32-10-9-31-5)23(17)26-28(24)15-22(27)25(2,3)4/h6-8,13-14,22H,9-12,15H2,1-5H3. The fraction of sp³-hybridized carbons (Fsp3) is 0.480. The van der Waals surface area contributed by atoms with Crippen LogP contribution in [0.2, 0.25) is 0 Å². The maximum atomic E-state index is 12.8. The molecule has 3 aromatic rings. The average Bonchev–Trinajstić information content (AvgIpc) is 3.14. The van der Waals surface area contributed by atoms with Crippen molar-refractivity contribution in [2.75, 3.05) is 33.5 Å². The average molecular weight is 454 g/mol. The van der Waals surface area contributed by atoms with Crippen molar-refractivity contribution < 1.29 is 19.0 Å². The number of aromatic nitrogens is 3. The van der Waals surface area contributed by atoms with E-state index in [0.717, 1.165) is 22.3 Å². The van der Waals surface area contributed by atoms with Gasteiger partial charge in [0.2, 0.25) is 0 Å². The Morgan fingerprint density at radius 3 is 2.64 bits per heavy atom. The van der Waals surface area contributed by atoms with Crippen LogP contribution in [-0.2, 0) is 16.0 Å². The van der Waals surface area contributed by atoms with Crippen molar-refractivity contribution in [1.29, 1.82) is 0 Å². The Bertz CT molecular complexity index is 1240. The summed E-state index contributed by atoms with van der Waals surface area (Å²) in [4.78, 5) is 24.8. The molecule has 0 amide bonds. The van der Waals surface area contributed by atoms with E-state index >= 15 is 0 Å². The summed E-state index contributed by atoms with van der Waals surface area (Å²) in [5, 5.41) is 5.79. The molecule has 2 aromatic heterocycles. The Balaban J connectivity index is 1.77. The van der Waals surface area contributed by atoms with E-state index in [4.69, 9.17) is 19.3 Å². The van der Waals surface area contributed by atoms with Gasteiger partial charge in [0.25, 0.3) is 0 Å². The highest BCUT2D eigenvalue weighted by Gasteiger charge is 2.35.